The number of halogens is 3. The van der Waals surface area contributed by atoms with Gasteiger partial charge in [0.25, 0.3) is 0 Å². The lowest BCUT2D eigenvalue weighted by molar-refractivity contribution is -0.695. The number of fused-ring (bicyclic) bond motifs is 1. The summed E-state index contributed by atoms with van der Waals surface area (Å²) in [7, 11) is 3.08. The van der Waals surface area contributed by atoms with E-state index in [9.17, 15) is 28.0 Å². The molecule has 44 heavy (non-hydrogen) atoms. The van der Waals surface area contributed by atoms with E-state index in [1.54, 1.807) is 25.1 Å². The van der Waals surface area contributed by atoms with E-state index in [0.29, 0.717) is 29.7 Å². The molecule has 5 rings (SSSR count). The average Bonchev–Trinajstić information content (AvgIpc) is 3.59. The van der Waals surface area contributed by atoms with Crippen molar-refractivity contribution in [3.63, 3.8) is 0 Å². The number of nitrogens with zero attached hydrogens (tertiary/aromatic N) is 6. The Balaban J connectivity index is 0.00000141. The van der Waals surface area contributed by atoms with Gasteiger partial charge >= 0.3 is 17.8 Å². The lowest BCUT2D eigenvalue weighted by Gasteiger charge is -2.36. The van der Waals surface area contributed by atoms with Crippen LogP contribution >= 0.6 is 0 Å². The van der Waals surface area contributed by atoms with Crippen LogP contribution in [0.4, 0.5) is 24.8 Å². The van der Waals surface area contributed by atoms with Gasteiger partial charge in [-0.25, -0.2) is 28.4 Å². The van der Waals surface area contributed by atoms with Crippen LogP contribution in [0.25, 0.3) is 0 Å². The van der Waals surface area contributed by atoms with Gasteiger partial charge in [-0.1, -0.05) is 12.1 Å². The molecular weight excluding hydrogens is 583 g/mol. The zero-order valence-corrected chi connectivity index (χ0v) is 23.7. The largest absolute Gasteiger partial charge is 0.554 e. The van der Waals surface area contributed by atoms with Crippen molar-refractivity contribution in [3.8, 4) is 6.07 Å². The van der Waals surface area contributed by atoms with E-state index in [0.717, 1.165) is 12.1 Å². The minimum absolute atomic E-state index is 0.00257. The van der Waals surface area contributed by atoms with Crippen molar-refractivity contribution in [2.45, 2.75) is 32.1 Å². The highest BCUT2D eigenvalue weighted by Gasteiger charge is 2.41. The van der Waals surface area contributed by atoms with Gasteiger partial charge in [0.05, 0.1) is 43.5 Å². The molecule has 1 aliphatic heterocycles. The number of carbonyl (C=O) groups is 2. The minimum atomic E-state index is -4.61. The topological polar surface area (TPSA) is 153 Å². The molecule has 0 radical (unpaired) electrons. The highest BCUT2D eigenvalue weighted by molar-refractivity contribution is 5.93. The third kappa shape index (κ3) is 6.09. The van der Waals surface area contributed by atoms with Crippen LogP contribution < -0.4 is 20.3 Å². The van der Waals surface area contributed by atoms with Gasteiger partial charge in [-0.15, -0.1) is 5.10 Å². The molecule has 2 aromatic carbocycles. The summed E-state index contributed by atoms with van der Waals surface area (Å²) in [5, 5.41) is 24.3. The molecule has 0 aliphatic carbocycles. The van der Waals surface area contributed by atoms with E-state index in [1.807, 2.05) is 34.9 Å². The van der Waals surface area contributed by atoms with Gasteiger partial charge in [0.15, 0.2) is 0 Å². The molecule has 0 fully saturated rings. The van der Waals surface area contributed by atoms with Gasteiger partial charge in [-0.05, 0) is 48.4 Å². The number of hydrogen-bond donors (Lipinski definition) is 1. The number of carbonyl (C=O) groups excluding carboxylic acids is 2. The number of esters is 1. The predicted octanol–water partition coefficient (Wildman–Crippen LogP) is 1.88. The second-order valence-corrected chi connectivity index (χ2v) is 9.66. The number of imidazole rings is 1. The minimum Gasteiger partial charge on any atom is -0.554 e. The number of benzene rings is 2. The molecule has 1 N–H and O–H groups in total. The normalized spacial score (nSPS) is 14.3. The Bertz CT molecular complexity index is 1830. The molecule has 0 saturated carbocycles. The number of ether oxygens (including phenoxy) is 1. The average molecular weight is 610 g/mol. The van der Waals surface area contributed by atoms with Gasteiger partial charge in [0.2, 0.25) is 12.3 Å². The standard InChI is InChI=1S/C28H24F3N7O3.CH2O2/c1-17-23(25(39)41-3)24(22-8-7-18(15-32)13-19(22)9-10-36-12-11-35(2)16-36)38-26(33-34-27(38)40)37(17)21-6-4-5-20(14-21)28(29,30)31;2-1-3/h4-8,11-14,16,24H,9-10H2,1-3H3;1H,(H,2,3). The number of methoxy groups -OCH3 is 1. The molecular formula is C29H26F3N7O5. The summed E-state index contributed by atoms with van der Waals surface area (Å²) in [5.41, 5.74) is 0.395. The number of alkyl halides is 3. The first kappa shape index (κ1) is 31.3. The summed E-state index contributed by atoms with van der Waals surface area (Å²) in [6.07, 6.45) is 1.50. The molecule has 228 valence electrons. The van der Waals surface area contributed by atoms with Crippen LogP contribution in [0.2, 0.25) is 0 Å². The fraction of sp³-hybridized carbons (Fsp3) is 0.241. The number of anilines is 2. The third-order valence-corrected chi connectivity index (χ3v) is 7.01. The van der Waals surface area contributed by atoms with Crippen LogP contribution in [0.5, 0.6) is 0 Å². The van der Waals surface area contributed by atoms with E-state index in [4.69, 9.17) is 14.6 Å². The molecule has 0 amide bonds. The Kier molecular flexibility index (Phi) is 9.03. The van der Waals surface area contributed by atoms with Crippen molar-refractivity contribution < 1.29 is 37.2 Å². The Morgan fingerprint density at radius 1 is 1.27 bits per heavy atom. The van der Waals surface area contributed by atoms with Crippen molar-refractivity contribution in [1.29, 1.82) is 5.26 Å². The first-order valence-corrected chi connectivity index (χ1v) is 13.0. The highest BCUT2D eigenvalue weighted by Crippen LogP contribution is 2.43. The van der Waals surface area contributed by atoms with E-state index in [2.05, 4.69) is 16.3 Å². The fourth-order valence-electron chi connectivity index (χ4n) is 5.12. The van der Waals surface area contributed by atoms with Crippen LogP contribution in [0.15, 0.2) is 77.3 Å². The first-order chi connectivity index (χ1) is 20.9. The van der Waals surface area contributed by atoms with Crippen molar-refractivity contribution in [2.75, 3.05) is 12.0 Å². The summed E-state index contributed by atoms with van der Waals surface area (Å²) < 4.78 is 50.9. The Morgan fingerprint density at radius 3 is 2.61 bits per heavy atom. The van der Waals surface area contributed by atoms with Crippen LogP contribution in [0.1, 0.15) is 35.2 Å². The van der Waals surface area contributed by atoms with Gasteiger partial charge in [-0.2, -0.15) is 18.4 Å². The second kappa shape index (κ2) is 12.7. The lowest BCUT2D eigenvalue weighted by atomic mass is 9.89. The summed E-state index contributed by atoms with van der Waals surface area (Å²) in [6.45, 7) is 1.60. The van der Waals surface area contributed by atoms with E-state index >= 15 is 0 Å². The fourth-order valence-corrected chi connectivity index (χ4v) is 5.12. The van der Waals surface area contributed by atoms with Gasteiger partial charge < -0.3 is 14.6 Å². The van der Waals surface area contributed by atoms with Crippen LogP contribution in [-0.2, 0) is 40.5 Å². The zero-order valence-electron chi connectivity index (χ0n) is 23.7. The number of aromatic nitrogens is 5. The Morgan fingerprint density at radius 2 is 2.00 bits per heavy atom. The van der Waals surface area contributed by atoms with Crippen LogP contribution in [-0.4, -0.2) is 38.9 Å². The summed E-state index contributed by atoms with van der Waals surface area (Å²) in [4.78, 5) is 36.1. The smallest absolute Gasteiger partial charge is 0.416 e. The molecule has 4 aromatic rings. The van der Waals surface area contributed by atoms with Gasteiger partial charge in [0, 0.05) is 24.3 Å². The van der Waals surface area contributed by atoms with E-state index < -0.39 is 35.9 Å². The van der Waals surface area contributed by atoms with Crippen LogP contribution in [0.3, 0.4) is 0 Å². The number of nitriles is 1. The maximum Gasteiger partial charge on any atom is 0.416 e. The van der Waals surface area contributed by atoms with Crippen LogP contribution in [0, 0.1) is 11.3 Å². The van der Waals surface area contributed by atoms with E-state index in [-0.39, 0.29) is 22.9 Å². The number of allylic oxidation sites excluding steroid dienone is 1. The maximum absolute atomic E-state index is 13.6. The number of nitrogens with one attached hydrogen (secondary N) is 1. The molecule has 3 heterocycles. The predicted molar refractivity (Wildman–Crippen MR) is 146 cm³/mol. The number of H-pyrrole nitrogens is 1. The van der Waals surface area contributed by atoms with Crippen molar-refractivity contribution in [2.24, 2.45) is 7.05 Å². The molecule has 1 atom stereocenters. The molecule has 2 aromatic heterocycles. The quantitative estimate of drug-likeness (QED) is 0.198. The molecule has 15 heteroatoms. The highest BCUT2D eigenvalue weighted by atomic mass is 19.4. The Hall–Kier alpha value is -5.65. The number of hydrogen-bond acceptors (Lipinski definition) is 8. The molecule has 12 nitrogen and oxygen atoms in total. The zero-order chi connectivity index (χ0) is 32.2. The summed E-state index contributed by atoms with van der Waals surface area (Å²) in [6, 6.07) is 10.6. The van der Waals surface area contributed by atoms with Crippen molar-refractivity contribution >= 4 is 24.1 Å². The third-order valence-electron chi connectivity index (χ3n) is 7.01. The number of carboxylic acid groups (broad SMARTS) is 1. The van der Waals surface area contributed by atoms with E-state index in [1.165, 1.54) is 28.7 Å². The number of aryl methyl sites for hydroxylation is 3. The first-order valence-electron chi connectivity index (χ1n) is 13.0. The van der Waals surface area contributed by atoms with Crippen molar-refractivity contribution in [3.05, 3.63) is 105 Å². The molecule has 1 unspecified atom stereocenters. The number of rotatable bonds is 6. The molecule has 0 bridgehead atoms. The van der Waals surface area contributed by atoms with Crippen molar-refractivity contribution in [1.82, 2.24) is 19.3 Å². The molecule has 0 spiro atoms. The van der Waals surface area contributed by atoms with Gasteiger partial charge in [0.1, 0.15) is 18.4 Å². The van der Waals surface area contributed by atoms with Gasteiger partial charge in [-0.3, -0.25) is 4.90 Å². The molecule has 1 aliphatic rings. The number of aromatic amines is 1. The lowest BCUT2D eigenvalue weighted by Crippen LogP contribution is -2.38. The Labute approximate surface area is 248 Å². The maximum atomic E-state index is 13.6. The summed E-state index contributed by atoms with van der Waals surface area (Å²) >= 11 is 0. The molecule has 0 saturated heterocycles. The second-order valence-electron chi connectivity index (χ2n) is 9.66. The summed E-state index contributed by atoms with van der Waals surface area (Å²) in [5.74, 6) is -0.770. The SMILES string of the molecule is COC(=O)C1=C(C)N(c2cccc(C(F)(F)F)c2)c2n[nH]c(=O)n2C1c1ccc(C#N)cc1CC[n+]1ccn(C)c1.O=C[O-]. The monoisotopic (exact) mass is 609 g/mol.